The summed E-state index contributed by atoms with van der Waals surface area (Å²) in [5, 5.41) is 0. The Kier molecular flexibility index (Phi) is 5.11. The van der Waals surface area contributed by atoms with Gasteiger partial charge in [0.1, 0.15) is 0 Å². The van der Waals surface area contributed by atoms with Crippen molar-refractivity contribution in [3.05, 3.63) is 96.1 Å². The molecule has 5 heteroatoms. The lowest BCUT2D eigenvalue weighted by molar-refractivity contribution is 0.0898. The third-order valence-electron chi connectivity index (χ3n) is 3.69. The minimum absolute atomic E-state index is 0.389. The first-order chi connectivity index (χ1) is 12.2. The Labute approximate surface area is 150 Å². The SMILES string of the molecule is O=C(c1ccccc1)N(C(=O)c1ccccc1)c1ccccc1NCl. The molecular weight excluding hydrogens is 336 g/mol. The summed E-state index contributed by atoms with van der Waals surface area (Å²) in [6.07, 6.45) is 0. The van der Waals surface area contributed by atoms with Crippen LogP contribution in [0.1, 0.15) is 20.7 Å². The maximum atomic E-state index is 13.1. The van der Waals surface area contributed by atoms with Crippen LogP contribution in [0.2, 0.25) is 0 Å². The summed E-state index contributed by atoms with van der Waals surface area (Å²) >= 11 is 5.78. The molecule has 0 aliphatic carbocycles. The van der Waals surface area contributed by atoms with E-state index in [4.69, 9.17) is 11.8 Å². The number of benzene rings is 3. The maximum Gasteiger partial charge on any atom is 0.265 e. The first kappa shape index (κ1) is 16.7. The van der Waals surface area contributed by atoms with Crippen LogP contribution in [-0.4, -0.2) is 11.8 Å². The van der Waals surface area contributed by atoms with Gasteiger partial charge in [-0.25, -0.2) is 4.90 Å². The Morgan fingerprint density at radius 1 is 0.680 bits per heavy atom. The van der Waals surface area contributed by atoms with E-state index in [-0.39, 0.29) is 0 Å². The highest BCUT2D eigenvalue weighted by Gasteiger charge is 2.27. The van der Waals surface area contributed by atoms with Crippen molar-refractivity contribution in [1.82, 2.24) is 0 Å². The summed E-state index contributed by atoms with van der Waals surface area (Å²) in [5.41, 5.74) is 1.69. The molecule has 0 atom stereocenters. The van der Waals surface area contributed by atoms with Gasteiger partial charge in [0.05, 0.1) is 11.4 Å². The molecule has 3 rings (SSSR count). The first-order valence-corrected chi connectivity index (χ1v) is 8.04. The molecule has 0 aromatic heterocycles. The molecule has 3 aromatic carbocycles. The summed E-state index contributed by atoms with van der Waals surface area (Å²) in [6.45, 7) is 0. The van der Waals surface area contributed by atoms with Crippen LogP contribution in [0.5, 0.6) is 0 Å². The van der Waals surface area contributed by atoms with E-state index in [1.807, 2.05) is 12.1 Å². The highest BCUT2D eigenvalue weighted by molar-refractivity contribution is 6.29. The van der Waals surface area contributed by atoms with Crippen LogP contribution in [0.25, 0.3) is 0 Å². The van der Waals surface area contributed by atoms with Crippen LogP contribution in [-0.2, 0) is 0 Å². The highest BCUT2D eigenvalue weighted by Crippen LogP contribution is 2.29. The van der Waals surface area contributed by atoms with E-state index in [0.29, 0.717) is 22.5 Å². The maximum absolute atomic E-state index is 13.1. The number of hydrogen-bond donors (Lipinski definition) is 1. The van der Waals surface area contributed by atoms with Crippen molar-refractivity contribution in [3.8, 4) is 0 Å². The standard InChI is InChI=1S/C20H15ClN2O2/c21-22-17-13-7-8-14-18(17)23(19(24)15-9-3-1-4-10-15)20(25)16-11-5-2-6-12-16/h1-14,22H. The minimum atomic E-state index is -0.422. The summed E-state index contributed by atoms with van der Waals surface area (Å²) in [4.78, 5) is 29.8. The Hall–Kier alpha value is -3.11. The van der Waals surface area contributed by atoms with E-state index in [9.17, 15) is 9.59 Å². The van der Waals surface area contributed by atoms with Crippen molar-refractivity contribution in [2.24, 2.45) is 0 Å². The Morgan fingerprint density at radius 3 is 1.60 bits per heavy atom. The van der Waals surface area contributed by atoms with Gasteiger partial charge in [-0.05, 0) is 36.4 Å². The monoisotopic (exact) mass is 350 g/mol. The van der Waals surface area contributed by atoms with Crippen molar-refractivity contribution in [2.75, 3.05) is 9.74 Å². The number of halogens is 1. The van der Waals surface area contributed by atoms with Crippen LogP contribution in [0.3, 0.4) is 0 Å². The number of para-hydroxylation sites is 2. The van der Waals surface area contributed by atoms with Crippen molar-refractivity contribution >= 4 is 35.0 Å². The van der Waals surface area contributed by atoms with Gasteiger partial charge in [-0.2, -0.15) is 0 Å². The predicted octanol–water partition coefficient (Wildman–Crippen LogP) is 4.74. The van der Waals surface area contributed by atoms with E-state index in [0.717, 1.165) is 4.90 Å². The molecule has 0 aliphatic heterocycles. The van der Waals surface area contributed by atoms with Crippen LogP contribution in [0, 0.1) is 0 Å². The zero-order valence-electron chi connectivity index (χ0n) is 13.2. The van der Waals surface area contributed by atoms with Gasteiger partial charge >= 0.3 is 0 Å². The zero-order valence-corrected chi connectivity index (χ0v) is 14.0. The fraction of sp³-hybridized carbons (Fsp3) is 0. The molecule has 0 saturated heterocycles. The lowest BCUT2D eigenvalue weighted by atomic mass is 10.1. The smallest absolute Gasteiger partial charge is 0.265 e. The summed E-state index contributed by atoms with van der Waals surface area (Å²) in [5.74, 6) is -0.845. The molecule has 124 valence electrons. The van der Waals surface area contributed by atoms with Crippen LogP contribution >= 0.6 is 11.8 Å². The second-order valence-corrected chi connectivity index (χ2v) is 5.48. The molecule has 0 aliphatic rings. The molecule has 2 amide bonds. The number of carbonyl (C=O) groups is 2. The van der Waals surface area contributed by atoms with E-state index < -0.39 is 11.8 Å². The molecular formula is C20H15ClN2O2. The molecule has 0 saturated carbocycles. The molecule has 0 fully saturated rings. The average molecular weight is 351 g/mol. The van der Waals surface area contributed by atoms with Crippen LogP contribution < -0.4 is 9.74 Å². The van der Waals surface area contributed by atoms with Gasteiger partial charge in [-0.3, -0.25) is 14.4 Å². The summed E-state index contributed by atoms with van der Waals surface area (Å²) in [6, 6.07) is 24.2. The second kappa shape index (κ2) is 7.64. The van der Waals surface area contributed by atoms with E-state index in [2.05, 4.69) is 4.84 Å². The molecule has 0 bridgehead atoms. The lowest BCUT2D eigenvalue weighted by Crippen LogP contribution is -2.37. The number of rotatable bonds is 4. The van der Waals surface area contributed by atoms with E-state index in [1.54, 1.807) is 72.8 Å². The second-order valence-electron chi connectivity index (χ2n) is 5.29. The lowest BCUT2D eigenvalue weighted by Gasteiger charge is -2.23. The number of amides is 2. The van der Waals surface area contributed by atoms with Gasteiger partial charge in [0, 0.05) is 22.9 Å². The molecule has 0 heterocycles. The third-order valence-corrected chi connectivity index (χ3v) is 3.90. The van der Waals surface area contributed by atoms with Gasteiger partial charge in [-0.15, -0.1) is 0 Å². The molecule has 25 heavy (non-hydrogen) atoms. The summed E-state index contributed by atoms with van der Waals surface area (Å²) in [7, 11) is 0. The van der Waals surface area contributed by atoms with Crippen molar-refractivity contribution in [2.45, 2.75) is 0 Å². The molecule has 0 radical (unpaired) electrons. The third kappa shape index (κ3) is 3.54. The molecule has 4 nitrogen and oxygen atoms in total. The number of anilines is 2. The van der Waals surface area contributed by atoms with E-state index in [1.165, 1.54) is 0 Å². The largest absolute Gasteiger partial charge is 0.296 e. The van der Waals surface area contributed by atoms with Gasteiger partial charge in [0.25, 0.3) is 11.8 Å². The average Bonchev–Trinajstić information content (AvgIpc) is 2.69. The fourth-order valence-electron chi connectivity index (χ4n) is 2.48. The van der Waals surface area contributed by atoms with E-state index >= 15 is 0 Å². The number of imide groups is 1. The van der Waals surface area contributed by atoms with Crippen molar-refractivity contribution in [1.29, 1.82) is 0 Å². The first-order valence-electron chi connectivity index (χ1n) is 7.67. The molecule has 3 aromatic rings. The number of nitrogens with zero attached hydrogens (tertiary/aromatic N) is 1. The number of hydrogen-bond acceptors (Lipinski definition) is 3. The fourth-order valence-corrected chi connectivity index (χ4v) is 2.64. The Balaban J connectivity index is 2.12. The van der Waals surface area contributed by atoms with Crippen LogP contribution in [0.15, 0.2) is 84.9 Å². The van der Waals surface area contributed by atoms with Crippen LogP contribution in [0.4, 0.5) is 11.4 Å². The van der Waals surface area contributed by atoms with Gasteiger partial charge < -0.3 is 0 Å². The molecule has 0 unspecified atom stereocenters. The van der Waals surface area contributed by atoms with Gasteiger partial charge in [0.15, 0.2) is 0 Å². The normalized spacial score (nSPS) is 10.1. The predicted molar refractivity (Wildman–Crippen MR) is 99.9 cm³/mol. The Morgan fingerprint density at radius 2 is 1.12 bits per heavy atom. The van der Waals surface area contributed by atoms with Crippen molar-refractivity contribution in [3.63, 3.8) is 0 Å². The number of carbonyl (C=O) groups excluding carboxylic acids is 2. The quantitative estimate of drug-likeness (QED) is 0.546. The summed E-state index contributed by atoms with van der Waals surface area (Å²) < 4.78 is 0. The Bertz CT molecular complexity index is 831. The van der Waals surface area contributed by atoms with Crippen molar-refractivity contribution < 1.29 is 9.59 Å². The molecule has 1 N–H and O–H groups in total. The van der Waals surface area contributed by atoms with Gasteiger partial charge in [0.2, 0.25) is 0 Å². The molecule has 0 spiro atoms. The zero-order chi connectivity index (χ0) is 17.6. The topological polar surface area (TPSA) is 49.4 Å². The minimum Gasteiger partial charge on any atom is -0.296 e. The number of nitrogens with one attached hydrogen (secondary N) is 1. The highest BCUT2D eigenvalue weighted by atomic mass is 35.5. The van der Waals surface area contributed by atoms with Gasteiger partial charge in [-0.1, -0.05) is 48.5 Å².